The second kappa shape index (κ2) is 3.80. The first-order valence-electron chi connectivity index (χ1n) is 5.44. The second-order valence-electron chi connectivity index (χ2n) is 4.00. The standard InChI is InChI=1S/C11H11FN6/c1-5-16-10(18-11(13)17-5)8-4-15-9-7(8)2-6(12)3-14-9/h2-5H,1H3,(H,14,15)(H3,13,16,17,18). The van der Waals surface area contributed by atoms with Crippen LogP contribution in [0.3, 0.4) is 0 Å². The van der Waals surface area contributed by atoms with Crippen molar-refractivity contribution in [3.63, 3.8) is 0 Å². The van der Waals surface area contributed by atoms with E-state index >= 15 is 0 Å². The van der Waals surface area contributed by atoms with E-state index in [1.165, 1.54) is 6.07 Å². The van der Waals surface area contributed by atoms with Gasteiger partial charge in [-0.3, -0.25) is 0 Å². The maximum Gasteiger partial charge on any atom is 0.196 e. The van der Waals surface area contributed by atoms with E-state index in [0.717, 1.165) is 11.8 Å². The zero-order valence-electron chi connectivity index (χ0n) is 9.61. The molecule has 0 radical (unpaired) electrons. The van der Waals surface area contributed by atoms with Crippen LogP contribution in [0.5, 0.6) is 0 Å². The number of hydrogen-bond donors (Lipinski definition) is 3. The Bertz CT molecular complexity index is 671. The minimum Gasteiger partial charge on any atom is -0.370 e. The highest BCUT2D eigenvalue weighted by Gasteiger charge is 2.16. The minimum atomic E-state index is -0.394. The largest absolute Gasteiger partial charge is 0.370 e. The van der Waals surface area contributed by atoms with Gasteiger partial charge < -0.3 is 16.0 Å². The van der Waals surface area contributed by atoms with E-state index in [1.54, 1.807) is 6.20 Å². The van der Waals surface area contributed by atoms with E-state index in [2.05, 4.69) is 25.3 Å². The molecule has 2 aromatic rings. The Morgan fingerprint density at radius 3 is 3.00 bits per heavy atom. The van der Waals surface area contributed by atoms with Crippen LogP contribution in [0.2, 0.25) is 0 Å². The summed E-state index contributed by atoms with van der Waals surface area (Å²) in [5.41, 5.74) is 6.98. The Balaban J connectivity index is 2.12. The summed E-state index contributed by atoms with van der Waals surface area (Å²) in [7, 11) is 0. The summed E-state index contributed by atoms with van der Waals surface area (Å²) < 4.78 is 13.2. The summed E-state index contributed by atoms with van der Waals surface area (Å²) >= 11 is 0. The summed E-state index contributed by atoms with van der Waals surface area (Å²) in [5.74, 6) is 0.467. The van der Waals surface area contributed by atoms with Gasteiger partial charge in [0.25, 0.3) is 0 Å². The SMILES string of the molecule is CC1N=C(N)NC(c2c[nH]c3ncc(F)cc23)=N1. The third kappa shape index (κ3) is 1.69. The van der Waals surface area contributed by atoms with Crippen molar-refractivity contribution in [1.29, 1.82) is 0 Å². The van der Waals surface area contributed by atoms with Crippen LogP contribution in [0.4, 0.5) is 4.39 Å². The van der Waals surface area contributed by atoms with Crippen molar-refractivity contribution in [3.05, 3.63) is 29.8 Å². The molecule has 6 nitrogen and oxygen atoms in total. The molecule has 3 rings (SSSR count). The van der Waals surface area contributed by atoms with Gasteiger partial charge in [-0.25, -0.2) is 19.4 Å². The molecule has 4 N–H and O–H groups in total. The van der Waals surface area contributed by atoms with Gasteiger partial charge in [0, 0.05) is 17.1 Å². The van der Waals surface area contributed by atoms with Crippen LogP contribution >= 0.6 is 0 Å². The molecule has 0 saturated heterocycles. The summed E-state index contributed by atoms with van der Waals surface area (Å²) in [6, 6.07) is 1.41. The molecule has 0 bridgehead atoms. The molecule has 18 heavy (non-hydrogen) atoms. The average Bonchev–Trinajstić information content (AvgIpc) is 2.70. The number of H-pyrrole nitrogens is 1. The van der Waals surface area contributed by atoms with Crippen LogP contribution in [0.15, 0.2) is 28.4 Å². The second-order valence-corrected chi connectivity index (χ2v) is 4.00. The molecule has 3 heterocycles. The van der Waals surface area contributed by atoms with Crippen molar-refractivity contribution < 1.29 is 4.39 Å². The quantitative estimate of drug-likeness (QED) is 0.692. The normalized spacial score (nSPS) is 19.3. The molecule has 92 valence electrons. The molecule has 1 aliphatic heterocycles. The van der Waals surface area contributed by atoms with E-state index in [1.807, 2.05) is 6.92 Å². The van der Waals surface area contributed by atoms with Gasteiger partial charge in [-0.2, -0.15) is 0 Å². The predicted octanol–water partition coefficient (Wildman–Crippen LogP) is 0.713. The Morgan fingerprint density at radius 1 is 1.39 bits per heavy atom. The Labute approximate surface area is 102 Å². The first-order valence-corrected chi connectivity index (χ1v) is 5.44. The number of aromatic amines is 1. The van der Waals surface area contributed by atoms with Gasteiger partial charge in [0.1, 0.15) is 23.5 Å². The number of nitrogens with two attached hydrogens (primary N) is 1. The molecule has 7 heteroatoms. The molecule has 2 aromatic heterocycles. The number of halogens is 1. The lowest BCUT2D eigenvalue weighted by molar-refractivity contribution is 0.624. The maximum atomic E-state index is 13.2. The lowest BCUT2D eigenvalue weighted by atomic mass is 10.2. The Morgan fingerprint density at radius 2 is 2.22 bits per heavy atom. The van der Waals surface area contributed by atoms with E-state index in [4.69, 9.17) is 5.73 Å². The summed E-state index contributed by atoms with van der Waals surface area (Å²) in [6.07, 6.45) is 2.62. The number of pyridine rings is 1. The Hall–Kier alpha value is -2.44. The average molecular weight is 246 g/mol. The van der Waals surface area contributed by atoms with Gasteiger partial charge >= 0.3 is 0 Å². The third-order valence-corrected chi connectivity index (χ3v) is 2.64. The lowest BCUT2D eigenvalue weighted by Gasteiger charge is -2.16. The number of nitrogens with one attached hydrogen (secondary N) is 2. The van der Waals surface area contributed by atoms with Gasteiger partial charge in [0.2, 0.25) is 0 Å². The van der Waals surface area contributed by atoms with Crippen LogP contribution in [0, 0.1) is 5.82 Å². The fraction of sp³-hybridized carbons (Fsp3) is 0.182. The zero-order valence-corrected chi connectivity index (χ0v) is 9.61. The van der Waals surface area contributed by atoms with Crippen molar-refractivity contribution >= 4 is 22.8 Å². The number of fused-ring (bicyclic) bond motifs is 1. The van der Waals surface area contributed by atoms with Crippen molar-refractivity contribution in [2.45, 2.75) is 13.1 Å². The van der Waals surface area contributed by atoms with Gasteiger partial charge in [-0.1, -0.05) is 0 Å². The lowest BCUT2D eigenvalue weighted by Crippen LogP contribution is -2.41. The summed E-state index contributed by atoms with van der Waals surface area (Å²) in [5, 5.41) is 3.52. The number of nitrogens with zero attached hydrogens (tertiary/aromatic N) is 3. The van der Waals surface area contributed by atoms with Gasteiger partial charge in [-0.15, -0.1) is 0 Å². The predicted molar refractivity (Wildman–Crippen MR) is 66.8 cm³/mol. The first kappa shape index (κ1) is 10.7. The molecule has 0 amide bonds. The number of amidine groups is 1. The smallest absolute Gasteiger partial charge is 0.196 e. The van der Waals surface area contributed by atoms with E-state index in [9.17, 15) is 4.39 Å². The van der Waals surface area contributed by atoms with Gasteiger partial charge in [0.05, 0.1) is 6.20 Å². The molecule has 0 saturated carbocycles. The number of guanidine groups is 1. The van der Waals surface area contributed by atoms with Crippen molar-refractivity contribution in [3.8, 4) is 0 Å². The molecule has 1 atom stereocenters. The molecule has 0 fully saturated rings. The summed E-state index contributed by atoms with van der Waals surface area (Å²) in [6.45, 7) is 1.82. The van der Waals surface area contributed by atoms with Crippen molar-refractivity contribution in [2.24, 2.45) is 15.7 Å². The molecule has 1 unspecified atom stereocenters. The highest BCUT2D eigenvalue weighted by Crippen LogP contribution is 2.18. The summed E-state index contributed by atoms with van der Waals surface area (Å²) in [4.78, 5) is 15.3. The zero-order chi connectivity index (χ0) is 12.7. The number of aromatic nitrogens is 2. The van der Waals surface area contributed by atoms with Gasteiger partial charge in [0.15, 0.2) is 5.96 Å². The van der Waals surface area contributed by atoms with Crippen LogP contribution in [0.1, 0.15) is 12.5 Å². The van der Waals surface area contributed by atoms with Crippen molar-refractivity contribution in [1.82, 2.24) is 15.3 Å². The minimum absolute atomic E-state index is 0.257. The fourth-order valence-electron chi connectivity index (χ4n) is 1.91. The van der Waals surface area contributed by atoms with Crippen LogP contribution in [0.25, 0.3) is 11.0 Å². The highest BCUT2D eigenvalue weighted by molar-refractivity contribution is 6.15. The first-order chi connectivity index (χ1) is 8.63. The van der Waals surface area contributed by atoms with Crippen LogP contribution in [-0.4, -0.2) is 27.9 Å². The van der Waals surface area contributed by atoms with Gasteiger partial charge in [-0.05, 0) is 13.0 Å². The molecular formula is C11H11FN6. The highest BCUT2D eigenvalue weighted by atomic mass is 19.1. The maximum absolute atomic E-state index is 13.2. The number of hydrogen-bond acceptors (Lipinski definition) is 5. The molecule has 0 spiro atoms. The molecule has 1 aliphatic rings. The van der Waals surface area contributed by atoms with E-state index in [-0.39, 0.29) is 6.17 Å². The monoisotopic (exact) mass is 246 g/mol. The molecule has 0 aromatic carbocycles. The van der Waals surface area contributed by atoms with Crippen LogP contribution in [-0.2, 0) is 0 Å². The fourth-order valence-corrected chi connectivity index (χ4v) is 1.91. The van der Waals surface area contributed by atoms with E-state index in [0.29, 0.717) is 22.8 Å². The number of rotatable bonds is 1. The third-order valence-electron chi connectivity index (χ3n) is 2.64. The van der Waals surface area contributed by atoms with Crippen molar-refractivity contribution in [2.75, 3.05) is 0 Å². The number of aliphatic imine (C=N–C) groups is 2. The van der Waals surface area contributed by atoms with E-state index < -0.39 is 5.82 Å². The molecular weight excluding hydrogens is 235 g/mol. The topological polar surface area (TPSA) is 91.4 Å². The Kier molecular flexibility index (Phi) is 2.26. The van der Waals surface area contributed by atoms with Crippen LogP contribution < -0.4 is 11.1 Å². The molecule has 0 aliphatic carbocycles.